The summed E-state index contributed by atoms with van der Waals surface area (Å²) in [5.74, 6) is -0.763. The Bertz CT molecular complexity index is 981. The molecule has 7 nitrogen and oxygen atoms in total. The van der Waals surface area contributed by atoms with E-state index in [1.54, 1.807) is 0 Å². The largest absolute Gasteiger partial charge is 0.476 e. The van der Waals surface area contributed by atoms with Crippen molar-refractivity contribution in [1.29, 1.82) is 0 Å². The molecule has 0 spiro atoms. The number of carboxylic acids is 1. The number of carbonyl (C=O) groups is 2. The van der Waals surface area contributed by atoms with Crippen LogP contribution in [0.1, 0.15) is 33.3 Å². The number of rotatable bonds is 6. The van der Waals surface area contributed by atoms with E-state index in [-0.39, 0.29) is 24.8 Å². The summed E-state index contributed by atoms with van der Waals surface area (Å²) in [7, 11) is 0. The van der Waals surface area contributed by atoms with Gasteiger partial charge in [0, 0.05) is 24.9 Å². The summed E-state index contributed by atoms with van der Waals surface area (Å²) in [4.78, 5) is 22.8. The van der Waals surface area contributed by atoms with Crippen LogP contribution in [0.25, 0.3) is 11.1 Å². The topological polar surface area (TPSA) is 102 Å². The predicted molar refractivity (Wildman–Crippen MR) is 100 cm³/mol. The molecular weight excluding hydrogens is 360 g/mol. The lowest BCUT2D eigenvalue weighted by molar-refractivity contribution is 0.0685. The Morgan fingerprint density at radius 1 is 1.07 bits per heavy atom. The number of hydrogen-bond acceptors (Lipinski definition) is 5. The Labute approximate surface area is 160 Å². The van der Waals surface area contributed by atoms with E-state index in [0.717, 1.165) is 11.1 Å². The number of carboxylic acid groups (broad SMARTS) is 1. The summed E-state index contributed by atoms with van der Waals surface area (Å²) in [6, 6.07) is 17.6. The van der Waals surface area contributed by atoms with Gasteiger partial charge in [-0.3, -0.25) is 0 Å². The molecule has 2 N–H and O–H groups in total. The predicted octanol–water partition coefficient (Wildman–Crippen LogP) is 3.45. The molecule has 7 heteroatoms. The van der Waals surface area contributed by atoms with Crippen LogP contribution >= 0.6 is 0 Å². The Balaban J connectivity index is 1.33. The van der Waals surface area contributed by atoms with E-state index >= 15 is 0 Å². The van der Waals surface area contributed by atoms with Crippen molar-refractivity contribution in [2.75, 3.05) is 13.2 Å². The number of fused-ring (bicyclic) bond motifs is 3. The van der Waals surface area contributed by atoms with Gasteiger partial charge in [0.05, 0.1) is 0 Å². The minimum Gasteiger partial charge on any atom is -0.476 e. The van der Waals surface area contributed by atoms with Crippen molar-refractivity contribution in [2.24, 2.45) is 0 Å². The number of aromatic carboxylic acids is 1. The molecule has 0 unspecified atom stereocenters. The standard InChI is InChI=1S/C21H18N2O5/c24-20(25)19-11-13(28-23-19)9-10-22-21(26)27-12-18-16-7-3-1-5-14(16)15-6-2-4-8-17(15)18/h1-8,11,18H,9-10,12H2,(H,22,26)(H,24,25). The first-order chi connectivity index (χ1) is 13.6. The van der Waals surface area contributed by atoms with E-state index in [9.17, 15) is 9.59 Å². The van der Waals surface area contributed by atoms with Crippen LogP contribution in [0.4, 0.5) is 4.79 Å². The van der Waals surface area contributed by atoms with Gasteiger partial charge in [-0.25, -0.2) is 9.59 Å². The summed E-state index contributed by atoms with van der Waals surface area (Å²) in [5, 5.41) is 14.9. The quantitative estimate of drug-likeness (QED) is 0.681. The van der Waals surface area contributed by atoms with Crippen LogP contribution in [0.3, 0.4) is 0 Å². The van der Waals surface area contributed by atoms with Crippen LogP contribution in [-0.2, 0) is 11.2 Å². The second-order valence-electron chi connectivity index (χ2n) is 6.49. The molecule has 1 amide bonds. The normalized spacial score (nSPS) is 12.3. The van der Waals surface area contributed by atoms with E-state index in [1.165, 1.54) is 17.2 Å². The minimum atomic E-state index is -1.15. The molecule has 142 valence electrons. The van der Waals surface area contributed by atoms with Gasteiger partial charge in [0.25, 0.3) is 0 Å². The maximum absolute atomic E-state index is 12.1. The Kier molecular flexibility index (Phi) is 4.80. The van der Waals surface area contributed by atoms with Gasteiger partial charge in [0.1, 0.15) is 12.4 Å². The molecule has 0 saturated heterocycles. The monoisotopic (exact) mass is 378 g/mol. The van der Waals surface area contributed by atoms with Crippen LogP contribution in [0.2, 0.25) is 0 Å². The first-order valence-corrected chi connectivity index (χ1v) is 8.91. The highest BCUT2D eigenvalue weighted by atomic mass is 16.5. The van der Waals surface area contributed by atoms with Gasteiger partial charge in [-0.1, -0.05) is 53.7 Å². The fourth-order valence-corrected chi connectivity index (χ4v) is 3.47. The van der Waals surface area contributed by atoms with Crippen molar-refractivity contribution in [3.63, 3.8) is 0 Å². The third-order valence-electron chi connectivity index (χ3n) is 4.76. The van der Waals surface area contributed by atoms with Gasteiger partial charge in [0.2, 0.25) is 0 Å². The molecule has 3 aromatic rings. The Hall–Kier alpha value is -3.61. The van der Waals surface area contributed by atoms with Crippen LogP contribution in [0.5, 0.6) is 0 Å². The summed E-state index contributed by atoms with van der Waals surface area (Å²) in [6.45, 7) is 0.496. The molecule has 0 aliphatic heterocycles. The van der Waals surface area contributed by atoms with E-state index in [1.807, 2.05) is 24.3 Å². The second kappa shape index (κ2) is 7.56. The fourth-order valence-electron chi connectivity index (χ4n) is 3.47. The number of ether oxygens (including phenoxy) is 1. The number of alkyl carbamates (subject to hydrolysis) is 1. The zero-order valence-electron chi connectivity index (χ0n) is 14.9. The van der Waals surface area contributed by atoms with Crippen LogP contribution in [-0.4, -0.2) is 35.5 Å². The summed E-state index contributed by atoms with van der Waals surface area (Å²) in [6.07, 6.45) is -0.204. The zero-order valence-corrected chi connectivity index (χ0v) is 14.9. The summed E-state index contributed by atoms with van der Waals surface area (Å²) < 4.78 is 10.3. The molecule has 1 aliphatic carbocycles. The van der Waals surface area contributed by atoms with Gasteiger partial charge in [-0.15, -0.1) is 0 Å². The number of benzene rings is 2. The van der Waals surface area contributed by atoms with Crippen molar-refractivity contribution in [1.82, 2.24) is 10.5 Å². The lowest BCUT2D eigenvalue weighted by atomic mass is 9.98. The molecule has 0 bridgehead atoms. The molecule has 1 heterocycles. The Morgan fingerprint density at radius 3 is 2.32 bits per heavy atom. The first-order valence-electron chi connectivity index (χ1n) is 8.91. The lowest BCUT2D eigenvalue weighted by Gasteiger charge is -2.14. The molecule has 2 aromatic carbocycles. The molecule has 0 saturated carbocycles. The van der Waals surface area contributed by atoms with Gasteiger partial charge >= 0.3 is 12.1 Å². The number of nitrogens with one attached hydrogen (secondary N) is 1. The Morgan fingerprint density at radius 2 is 1.71 bits per heavy atom. The number of amides is 1. The van der Waals surface area contributed by atoms with Crippen LogP contribution < -0.4 is 5.32 Å². The highest BCUT2D eigenvalue weighted by molar-refractivity contribution is 5.85. The SMILES string of the molecule is O=C(NCCc1cc(C(=O)O)no1)OCC1c2ccccc2-c2ccccc21. The highest BCUT2D eigenvalue weighted by Gasteiger charge is 2.28. The van der Waals surface area contributed by atoms with E-state index in [0.29, 0.717) is 12.2 Å². The van der Waals surface area contributed by atoms with Crippen molar-refractivity contribution in [2.45, 2.75) is 12.3 Å². The van der Waals surface area contributed by atoms with Crippen molar-refractivity contribution >= 4 is 12.1 Å². The highest BCUT2D eigenvalue weighted by Crippen LogP contribution is 2.44. The molecule has 0 atom stereocenters. The second-order valence-corrected chi connectivity index (χ2v) is 6.49. The third-order valence-corrected chi connectivity index (χ3v) is 4.76. The summed E-state index contributed by atoms with van der Waals surface area (Å²) >= 11 is 0. The zero-order chi connectivity index (χ0) is 19.5. The number of nitrogens with zero attached hydrogens (tertiary/aromatic N) is 1. The third kappa shape index (κ3) is 3.46. The molecular formula is C21H18N2O5. The first kappa shape index (κ1) is 17.8. The molecule has 28 heavy (non-hydrogen) atoms. The number of aromatic nitrogens is 1. The van der Waals surface area contributed by atoms with Gasteiger partial charge in [-0.05, 0) is 22.3 Å². The molecule has 0 fully saturated rings. The van der Waals surface area contributed by atoms with Crippen LogP contribution in [0.15, 0.2) is 59.1 Å². The average molecular weight is 378 g/mol. The van der Waals surface area contributed by atoms with E-state index in [4.69, 9.17) is 14.4 Å². The maximum Gasteiger partial charge on any atom is 0.407 e. The van der Waals surface area contributed by atoms with Crippen molar-refractivity contribution in [3.05, 3.63) is 77.2 Å². The van der Waals surface area contributed by atoms with Gasteiger partial charge in [-0.2, -0.15) is 0 Å². The van der Waals surface area contributed by atoms with Gasteiger partial charge in [0.15, 0.2) is 5.69 Å². The fraction of sp³-hybridized carbons (Fsp3) is 0.190. The van der Waals surface area contributed by atoms with Crippen molar-refractivity contribution < 1.29 is 24.0 Å². The average Bonchev–Trinajstić information content (AvgIpc) is 3.30. The van der Waals surface area contributed by atoms with Crippen molar-refractivity contribution in [3.8, 4) is 11.1 Å². The number of hydrogen-bond donors (Lipinski definition) is 2. The van der Waals surface area contributed by atoms with Crippen LogP contribution in [0, 0.1) is 0 Å². The molecule has 1 aliphatic rings. The number of carbonyl (C=O) groups excluding carboxylic acids is 1. The molecule has 1 aromatic heterocycles. The molecule has 4 rings (SSSR count). The summed E-state index contributed by atoms with van der Waals surface area (Å²) in [5.41, 5.74) is 4.49. The van der Waals surface area contributed by atoms with E-state index in [2.05, 4.69) is 34.7 Å². The van der Waals surface area contributed by atoms with E-state index < -0.39 is 12.1 Å². The smallest absolute Gasteiger partial charge is 0.407 e. The lowest BCUT2D eigenvalue weighted by Crippen LogP contribution is -2.27. The maximum atomic E-state index is 12.1. The minimum absolute atomic E-state index is 0.00514. The van der Waals surface area contributed by atoms with Gasteiger partial charge < -0.3 is 19.7 Å². The molecule has 0 radical (unpaired) electrons.